The van der Waals surface area contributed by atoms with Crippen molar-refractivity contribution in [1.82, 2.24) is 0 Å². The van der Waals surface area contributed by atoms with E-state index in [1.807, 2.05) is 32.1 Å². The van der Waals surface area contributed by atoms with Gasteiger partial charge in [-0.25, -0.2) is 0 Å². The van der Waals surface area contributed by atoms with Gasteiger partial charge < -0.3 is 5.11 Å². The SMILES string of the molecule is C=C/C(=C/C)C/C(=C\C)CO. The molecule has 0 unspecified atom stereocenters. The average Bonchev–Trinajstić information content (AvgIpc) is 2.07. The number of hydrogen-bond acceptors (Lipinski definition) is 1. The number of allylic oxidation sites excluding steroid dienone is 4. The van der Waals surface area contributed by atoms with Crippen LogP contribution in [0.15, 0.2) is 36.0 Å². The highest BCUT2D eigenvalue weighted by atomic mass is 16.3. The molecule has 1 heteroatoms. The van der Waals surface area contributed by atoms with Crippen molar-refractivity contribution >= 4 is 0 Å². The van der Waals surface area contributed by atoms with Crippen LogP contribution in [0.25, 0.3) is 0 Å². The van der Waals surface area contributed by atoms with Crippen LogP contribution in [0.1, 0.15) is 20.3 Å². The molecule has 0 radical (unpaired) electrons. The highest BCUT2D eigenvalue weighted by Crippen LogP contribution is 2.10. The third-order valence-electron chi connectivity index (χ3n) is 1.68. The minimum atomic E-state index is 0.141. The molecule has 0 heterocycles. The van der Waals surface area contributed by atoms with E-state index >= 15 is 0 Å². The van der Waals surface area contributed by atoms with Crippen LogP contribution in [-0.2, 0) is 0 Å². The molecule has 0 saturated carbocycles. The summed E-state index contributed by atoms with van der Waals surface area (Å²) >= 11 is 0. The summed E-state index contributed by atoms with van der Waals surface area (Å²) in [5, 5.41) is 8.84. The van der Waals surface area contributed by atoms with Gasteiger partial charge in [-0.15, -0.1) is 0 Å². The fourth-order valence-electron chi connectivity index (χ4n) is 0.804. The molecule has 0 bridgehead atoms. The second kappa shape index (κ2) is 5.93. The van der Waals surface area contributed by atoms with E-state index in [0.29, 0.717) is 0 Å². The van der Waals surface area contributed by atoms with Crippen LogP contribution in [0.3, 0.4) is 0 Å². The quantitative estimate of drug-likeness (QED) is 0.484. The predicted octanol–water partition coefficient (Wildman–Crippen LogP) is 2.45. The molecule has 0 spiro atoms. The van der Waals surface area contributed by atoms with Gasteiger partial charge in [0.2, 0.25) is 0 Å². The lowest BCUT2D eigenvalue weighted by Crippen LogP contribution is -1.91. The molecule has 0 aromatic heterocycles. The highest BCUT2D eigenvalue weighted by molar-refractivity contribution is 5.23. The van der Waals surface area contributed by atoms with Gasteiger partial charge in [-0.3, -0.25) is 0 Å². The second-order valence-electron chi connectivity index (χ2n) is 2.35. The molecule has 62 valence electrons. The molecule has 0 atom stereocenters. The van der Waals surface area contributed by atoms with Crippen LogP contribution >= 0.6 is 0 Å². The first kappa shape index (κ1) is 10.2. The summed E-state index contributed by atoms with van der Waals surface area (Å²) in [6.45, 7) is 7.72. The molecule has 0 aliphatic carbocycles. The van der Waals surface area contributed by atoms with E-state index in [2.05, 4.69) is 6.58 Å². The molecular weight excluding hydrogens is 136 g/mol. The fourth-order valence-corrected chi connectivity index (χ4v) is 0.804. The van der Waals surface area contributed by atoms with Crippen LogP contribution < -0.4 is 0 Å². The third-order valence-corrected chi connectivity index (χ3v) is 1.68. The first-order valence-corrected chi connectivity index (χ1v) is 3.81. The standard InChI is InChI=1S/C10H16O/c1-4-9(5-2)7-10(6-3)8-11/h4-6,11H,1,7-8H2,2-3H3/b9-5-,10-6+. The second-order valence-corrected chi connectivity index (χ2v) is 2.35. The molecule has 0 aliphatic heterocycles. The van der Waals surface area contributed by atoms with Gasteiger partial charge in [0, 0.05) is 0 Å². The summed E-state index contributed by atoms with van der Waals surface area (Å²) in [7, 11) is 0. The number of aliphatic hydroxyl groups is 1. The maximum absolute atomic E-state index is 8.84. The van der Waals surface area contributed by atoms with Gasteiger partial charge in [0.05, 0.1) is 6.61 Å². The van der Waals surface area contributed by atoms with Crippen molar-refractivity contribution in [2.24, 2.45) is 0 Å². The van der Waals surface area contributed by atoms with Crippen LogP contribution in [0.4, 0.5) is 0 Å². The summed E-state index contributed by atoms with van der Waals surface area (Å²) in [5.41, 5.74) is 2.20. The van der Waals surface area contributed by atoms with E-state index in [1.54, 1.807) is 0 Å². The molecular formula is C10H16O. The summed E-state index contributed by atoms with van der Waals surface area (Å²) in [4.78, 5) is 0. The minimum Gasteiger partial charge on any atom is -0.392 e. The van der Waals surface area contributed by atoms with Crippen LogP contribution in [-0.4, -0.2) is 11.7 Å². The van der Waals surface area contributed by atoms with E-state index in [4.69, 9.17) is 5.11 Å². The zero-order chi connectivity index (χ0) is 8.69. The molecule has 0 rings (SSSR count). The highest BCUT2D eigenvalue weighted by Gasteiger charge is 1.95. The van der Waals surface area contributed by atoms with E-state index in [9.17, 15) is 0 Å². The molecule has 11 heavy (non-hydrogen) atoms. The molecule has 0 amide bonds. The van der Waals surface area contributed by atoms with Crippen molar-refractivity contribution < 1.29 is 5.11 Å². The minimum absolute atomic E-state index is 0.141. The van der Waals surface area contributed by atoms with Crippen LogP contribution in [0, 0.1) is 0 Å². The molecule has 0 aromatic carbocycles. The normalized spacial score (nSPS) is 13.4. The Morgan fingerprint density at radius 2 is 2.00 bits per heavy atom. The third kappa shape index (κ3) is 3.79. The fraction of sp³-hybridized carbons (Fsp3) is 0.400. The van der Waals surface area contributed by atoms with E-state index < -0.39 is 0 Å². The summed E-state index contributed by atoms with van der Waals surface area (Å²) < 4.78 is 0. The monoisotopic (exact) mass is 152 g/mol. The van der Waals surface area contributed by atoms with Gasteiger partial charge in [0.25, 0.3) is 0 Å². The Kier molecular flexibility index (Phi) is 5.49. The Morgan fingerprint density at radius 3 is 2.27 bits per heavy atom. The van der Waals surface area contributed by atoms with Crippen LogP contribution in [0.5, 0.6) is 0 Å². The molecule has 1 N–H and O–H groups in total. The first-order chi connectivity index (χ1) is 5.28. The van der Waals surface area contributed by atoms with E-state index in [-0.39, 0.29) is 6.61 Å². The van der Waals surface area contributed by atoms with E-state index in [1.165, 1.54) is 0 Å². The average molecular weight is 152 g/mol. The lowest BCUT2D eigenvalue weighted by molar-refractivity contribution is 0.328. The van der Waals surface area contributed by atoms with Crippen molar-refractivity contribution in [3.8, 4) is 0 Å². The zero-order valence-electron chi connectivity index (χ0n) is 7.30. The Labute approximate surface area is 68.7 Å². The Hall–Kier alpha value is -0.820. The van der Waals surface area contributed by atoms with Crippen LogP contribution in [0.2, 0.25) is 0 Å². The van der Waals surface area contributed by atoms with Gasteiger partial charge in [-0.1, -0.05) is 24.8 Å². The lowest BCUT2D eigenvalue weighted by atomic mass is 10.1. The smallest absolute Gasteiger partial charge is 0.0644 e. The van der Waals surface area contributed by atoms with E-state index in [0.717, 1.165) is 17.6 Å². The molecule has 0 aromatic rings. The molecule has 0 aliphatic rings. The zero-order valence-corrected chi connectivity index (χ0v) is 7.30. The number of rotatable bonds is 4. The van der Waals surface area contributed by atoms with Gasteiger partial charge in [-0.2, -0.15) is 0 Å². The van der Waals surface area contributed by atoms with Gasteiger partial charge in [0.1, 0.15) is 0 Å². The largest absolute Gasteiger partial charge is 0.392 e. The van der Waals surface area contributed by atoms with Gasteiger partial charge in [-0.05, 0) is 31.4 Å². The lowest BCUT2D eigenvalue weighted by Gasteiger charge is -2.02. The first-order valence-electron chi connectivity index (χ1n) is 3.81. The maximum Gasteiger partial charge on any atom is 0.0644 e. The van der Waals surface area contributed by atoms with Crippen molar-refractivity contribution in [3.63, 3.8) is 0 Å². The van der Waals surface area contributed by atoms with Gasteiger partial charge in [0.15, 0.2) is 0 Å². The Morgan fingerprint density at radius 1 is 1.36 bits per heavy atom. The Balaban J connectivity index is 4.11. The summed E-state index contributed by atoms with van der Waals surface area (Å²) in [6.07, 6.45) is 6.57. The van der Waals surface area contributed by atoms with Crippen molar-refractivity contribution in [1.29, 1.82) is 0 Å². The maximum atomic E-state index is 8.84. The topological polar surface area (TPSA) is 20.2 Å². The number of aliphatic hydroxyl groups excluding tert-OH is 1. The molecule has 0 fully saturated rings. The van der Waals surface area contributed by atoms with Crippen molar-refractivity contribution in [2.75, 3.05) is 6.61 Å². The van der Waals surface area contributed by atoms with Crippen molar-refractivity contribution in [3.05, 3.63) is 36.0 Å². The summed E-state index contributed by atoms with van der Waals surface area (Å²) in [5.74, 6) is 0. The van der Waals surface area contributed by atoms with Crippen molar-refractivity contribution in [2.45, 2.75) is 20.3 Å². The summed E-state index contributed by atoms with van der Waals surface area (Å²) in [6, 6.07) is 0. The predicted molar refractivity (Wildman–Crippen MR) is 49.4 cm³/mol. The molecule has 0 saturated heterocycles. The number of hydrogen-bond donors (Lipinski definition) is 1. The Bertz CT molecular complexity index is 175. The molecule has 1 nitrogen and oxygen atoms in total. The van der Waals surface area contributed by atoms with Gasteiger partial charge >= 0.3 is 0 Å².